The van der Waals surface area contributed by atoms with Crippen LogP contribution in [0.2, 0.25) is 12.6 Å². The van der Waals surface area contributed by atoms with Crippen LogP contribution in [-0.4, -0.2) is 40.2 Å². The number of carbonyl (C=O) groups is 2. The molecule has 1 aliphatic heterocycles. The standard InChI is InChI=1S/C22H33NO5Si/c1-6-13-27-29(5,28-14-7-2)16-8-15-26-20-11-9-19(10-12-20)23-21(24)17(3)18(4)22(23)25/h9-12H,6-8,13-16H2,1-5H3. The molecule has 0 bridgehead atoms. The highest BCUT2D eigenvalue weighted by atomic mass is 28.4. The predicted molar refractivity (Wildman–Crippen MR) is 116 cm³/mol. The molecule has 0 aromatic heterocycles. The number of hydrogen-bond donors (Lipinski definition) is 0. The first kappa shape index (κ1) is 23.3. The molecule has 2 rings (SSSR count). The van der Waals surface area contributed by atoms with Crippen LogP contribution in [-0.2, 0) is 18.4 Å². The van der Waals surface area contributed by atoms with E-state index in [-0.39, 0.29) is 11.8 Å². The van der Waals surface area contributed by atoms with E-state index in [1.165, 1.54) is 4.90 Å². The van der Waals surface area contributed by atoms with Gasteiger partial charge in [-0.2, -0.15) is 0 Å². The van der Waals surface area contributed by atoms with E-state index in [1.54, 1.807) is 38.1 Å². The van der Waals surface area contributed by atoms with E-state index in [9.17, 15) is 9.59 Å². The highest BCUT2D eigenvalue weighted by Crippen LogP contribution is 2.28. The molecule has 1 heterocycles. The number of nitrogens with zero attached hydrogens (tertiary/aromatic N) is 1. The molecule has 160 valence electrons. The topological polar surface area (TPSA) is 65.1 Å². The summed E-state index contributed by atoms with van der Waals surface area (Å²) < 4.78 is 17.9. The first-order valence-corrected chi connectivity index (χ1v) is 12.9. The van der Waals surface area contributed by atoms with E-state index in [2.05, 4.69) is 20.4 Å². The maximum atomic E-state index is 12.3. The molecule has 0 aliphatic carbocycles. The Hall–Kier alpha value is -1.96. The number of anilines is 1. The van der Waals surface area contributed by atoms with Crippen LogP contribution in [0.25, 0.3) is 0 Å². The van der Waals surface area contributed by atoms with Gasteiger partial charge in [0.2, 0.25) is 0 Å². The Morgan fingerprint density at radius 3 is 1.86 bits per heavy atom. The Bertz CT molecular complexity index is 712. The van der Waals surface area contributed by atoms with Crippen molar-refractivity contribution >= 4 is 26.1 Å². The molecule has 0 atom stereocenters. The van der Waals surface area contributed by atoms with Gasteiger partial charge in [0.25, 0.3) is 11.8 Å². The van der Waals surface area contributed by atoms with Crippen molar-refractivity contribution in [3.63, 3.8) is 0 Å². The Morgan fingerprint density at radius 2 is 1.38 bits per heavy atom. The van der Waals surface area contributed by atoms with E-state index in [0.29, 0.717) is 29.2 Å². The van der Waals surface area contributed by atoms with Gasteiger partial charge in [0.1, 0.15) is 5.75 Å². The molecule has 0 N–H and O–H groups in total. The van der Waals surface area contributed by atoms with Crippen LogP contribution in [0.5, 0.6) is 5.75 Å². The number of rotatable bonds is 12. The van der Waals surface area contributed by atoms with Crippen LogP contribution < -0.4 is 9.64 Å². The Morgan fingerprint density at radius 1 is 0.862 bits per heavy atom. The molecular weight excluding hydrogens is 386 g/mol. The van der Waals surface area contributed by atoms with Gasteiger partial charge >= 0.3 is 8.56 Å². The van der Waals surface area contributed by atoms with E-state index < -0.39 is 8.56 Å². The van der Waals surface area contributed by atoms with Crippen LogP contribution in [0.1, 0.15) is 47.0 Å². The lowest BCUT2D eigenvalue weighted by Crippen LogP contribution is -2.39. The predicted octanol–water partition coefficient (Wildman–Crippen LogP) is 4.59. The molecule has 0 saturated heterocycles. The second kappa shape index (κ2) is 10.7. The minimum atomic E-state index is -2.15. The fourth-order valence-electron chi connectivity index (χ4n) is 3.08. The Labute approximate surface area is 175 Å². The van der Waals surface area contributed by atoms with Gasteiger partial charge in [0.05, 0.1) is 12.3 Å². The van der Waals surface area contributed by atoms with Crippen molar-refractivity contribution in [3.05, 3.63) is 35.4 Å². The zero-order chi connectivity index (χ0) is 21.4. The molecule has 1 aliphatic rings. The third kappa shape index (κ3) is 6.01. The van der Waals surface area contributed by atoms with Crippen molar-refractivity contribution in [3.8, 4) is 5.75 Å². The van der Waals surface area contributed by atoms with E-state index in [0.717, 1.165) is 38.5 Å². The maximum Gasteiger partial charge on any atom is 0.335 e. The molecule has 0 saturated carbocycles. The Kier molecular flexibility index (Phi) is 8.61. The second-order valence-corrected chi connectivity index (χ2v) is 10.8. The van der Waals surface area contributed by atoms with Crippen molar-refractivity contribution in [2.75, 3.05) is 24.7 Å². The molecule has 29 heavy (non-hydrogen) atoms. The normalized spacial score (nSPS) is 14.9. The zero-order valence-electron chi connectivity index (χ0n) is 18.2. The van der Waals surface area contributed by atoms with Crippen LogP contribution in [0, 0.1) is 0 Å². The van der Waals surface area contributed by atoms with Gasteiger partial charge in [-0.15, -0.1) is 0 Å². The third-order valence-electron chi connectivity index (χ3n) is 4.97. The summed E-state index contributed by atoms with van der Waals surface area (Å²) in [5, 5.41) is 0. The average Bonchev–Trinajstić information content (AvgIpc) is 2.92. The van der Waals surface area contributed by atoms with Gasteiger partial charge < -0.3 is 13.6 Å². The van der Waals surface area contributed by atoms with Gasteiger partial charge in [0.15, 0.2) is 0 Å². The van der Waals surface area contributed by atoms with E-state index in [4.69, 9.17) is 13.6 Å². The van der Waals surface area contributed by atoms with Gasteiger partial charge in [-0.25, -0.2) is 4.90 Å². The summed E-state index contributed by atoms with van der Waals surface area (Å²) >= 11 is 0. The Balaban J connectivity index is 1.86. The second-order valence-electron chi connectivity index (χ2n) is 7.47. The first-order valence-electron chi connectivity index (χ1n) is 10.4. The number of imide groups is 1. The molecule has 0 radical (unpaired) electrons. The van der Waals surface area contributed by atoms with Gasteiger partial charge in [0, 0.05) is 24.4 Å². The summed E-state index contributed by atoms with van der Waals surface area (Å²) in [6, 6.07) is 7.94. The zero-order valence-corrected chi connectivity index (χ0v) is 19.2. The van der Waals surface area contributed by atoms with Crippen molar-refractivity contribution < 1.29 is 23.2 Å². The molecule has 0 unspecified atom stereocenters. The van der Waals surface area contributed by atoms with Crippen molar-refractivity contribution in [1.82, 2.24) is 0 Å². The lowest BCUT2D eigenvalue weighted by Gasteiger charge is -2.27. The fraction of sp³-hybridized carbons (Fsp3) is 0.545. The SMILES string of the molecule is CCCO[Si](C)(CCCOc1ccc(N2C(=O)C(C)=C(C)C2=O)cc1)OCCC. The molecule has 7 heteroatoms. The largest absolute Gasteiger partial charge is 0.494 e. The number of ether oxygens (including phenoxy) is 1. The molecular formula is C22H33NO5Si. The summed E-state index contributed by atoms with van der Waals surface area (Å²) in [4.78, 5) is 25.7. The molecule has 2 amide bonds. The number of hydrogen-bond acceptors (Lipinski definition) is 5. The average molecular weight is 420 g/mol. The lowest BCUT2D eigenvalue weighted by molar-refractivity contribution is -0.120. The molecule has 6 nitrogen and oxygen atoms in total. The van der Waals surface area contributed by atoms with Gasteiger partial charge in [-0.1, -0.05) is 13.8 Å². The molecule has 1 aromatic carbocycles. The fourth-order valence-corrected chi connectivity index (χ4v) is 5.51. The van der Waals surface area contributed by atoms with Gasteiger partial charge in [-0.3, -0.25) is 9.59 Å². The van der Waals surface area contributed by atoms with E-state index >= 15 is 0 Å². The summed E-state index contributed by atoms with van der Waals surface area (Å²) in [5.41, 5.74) is 1.56. The highest BCUT2D eigenvalue weighted by Gasteiger charge is 2.34. The summed E-state index contributed by atoms with van der Waals surface area (Å²) in [6.07, 6.45) is 2.82. The first-order chi connectivity index (χ1) is 13.8. The van der Waals surface area contributed by atoms with Crippen molar-refractivity contribution in [2.45, 2.75) is 59.5 Å². The van der Waals surface area contributed by atoms with E-state index in [1.807, 2.05) is 0 Å². The minimum Gasteiger partial charge on any atom is -0.494 e. The summed E-state index contributed by atoms with van der Waals surface area (Å²) in [7, 11) is -2.15. The number of benzene rings is 1. The molecule has 1 aromatic rings. The quantitative estimate of drug-likeness (QED) is 0.282. The smallest absolute Gasteiger partial charge is 0.335 e. The summed E-state index contributed by atoms with van der Waals surface area (Å²) in [6.45, 7) is 11.7. The van der Waals surface area contributed by atoms with Crippen molar-refractivity contribution in [2.24, 2.45) is 0 Å². The minimum absolute atomic E-state index is 0.260. The van der Waals surface area contributed by atoms with Crippen LogP contribution >= 0.6 is 0 Å². The van der Waals surface area contributed by atoms with Gasteiger partial charge in [-0.05, 0) is 70.0 Å². The molecule has 0 spiro atoms. The van der Waals surface area contributed by atoms with Crippen LogP contribution in [0.4, 0.5) is 5.69 Å². The number of carbonyl (C=O) groups excluding carboxylic acids is 2. The highest BCUT2D eigenvalue weighted by molar-refractivity contribution is 6.66. The lowest BCUT2D eigenvalue weighted by atomic mass is 10.2. The monoisotopic (exact) mass is 419 g/mol. The van der Waals surface area contributed by atoms with Crippen LogP contribution in [0.3, 0.4) is 0 Å². The number of amides is 2. The van der Waals surface area contributed by atoms with Crippen molar-refractivity contribution in [1.29, 1.82) is 0 Å². The maximum absolute atomic E-state index is 12.3. The third-order valence-corrected chi connectivity index (χ3v) is 7.86. The molecule has 0 fully saturated rings. The summed E-state index contributed by atoms with van der Waals surface area (Å²) in [5.74, 6) is 0.190. The van der Waals surface area contributed by atoms with Crippen LogP contribution in [0.15, 0.2) is 35.4 Å².